The van der Waals surface area contributed by atoms with Gasteiger partial charge in [-0.25, -0.2) is 9.97 Å². The number of hydrogen-bond donors (Lipinski definition) is 4. The van der Waals surface area contributed by atoms with Crippen LogP contribution in [0.2, 0.25) is 0 Å². The lowest BCUT2D eigenvalue weighted by atomic mass is 10.2. The Balaban J connectivity index is -0.000000264. The molecule has 0 spiro atoms. The first-order valence-electron chi connectivity index (χ1n) is 6.53. The van der Waals surface area contributed by atoms with E-state index in [4.69, 9.17) is 30.1 Å². The number of nitrogens with zero attached hydrogens (tertiary/aromatic N) is 3. The Morgan fingerprint density at radius 3 is 2.26 bits per heavy atom. The number of aliphatic hydroxyl groups excluding tert-OH is 1. The molecule has 0 amide bonds. The standard InChI is InChI=1S/C12H17N4OS.2ClH.H3O4P.2H2O/c1-8-11(3-4-17)18-7-16(8)6-10-5-14-9(2)15-12(10)13;;;1-5(2,3)4;;/h5,7,17H,3-4,6H2,1-2H3,(H2,13,14,15);2*1H;(H3,1,2,3,4);2*1H2/q+1;;;;;/p-1. The molecular weight excluding hydrogens is 446 g/mol. The van der Waals surface area contributed by atoms with Crippen LogP contribution in [0, 0.1) is 13.8 Å². The number of aromatic nitrogens is 3. The Labute approximate surface area is 172 Å². The maximum atomic E-state index is 8.98. The lowest BCUT2D eigenvalue weighted by Crippen LogP contribution is -2.35. The summed E-state index contributed by atoms with van der Waals surface area (Å²) in [5, 5.41) is 8.98. The first kappa shape index (κ1) is 33.6. The molecule has 9 N–H and O–H groups in total. The Bertz CT molecular complexity index is 709. The molecule has 0 aliphatic carbocycles. The third-order valence-corrected chi connectivity index (χ3v) is 4.00. The van der Waals surface area contributed by atoms with Gasteiger partial charge in [0.25, 0.3) is 7.82 Å². The Morgan fingerprint density at radius 2 is 1.81 bits per heavy atom. The number of aliphatic hydroxyl groups is 1. The molecule has 0 aromatic carbocycles. The highest BCUT2D eigenvalue weighted by molar-refractivity contribution is 7.43. The number of aryl methyl sites for hydroxylation is 1. The third kappa shape index (κ3) is 13.0. The maximum Gasteiger partial charge on any atom is 0.262 e. The summed E-state index contributed by atoms with van der Waals surface area (Å²) < 4.78 is 10.9. The molecule has 2 aromatic rings. The highest BCUT2D eigenvalue weighted by Crippen LogP contribution is 2.19. The predicted octanol–water partition coefficient (Wildman–Crippen LogP) is -1.76. The molecule has 0 atom stereocenters. The molecule has 11 nitrogen and oxygen atoms in total. The highest BCUT2D eigenvalue weighted by atomic mass is 35.5. The van der Waals surface area contributed by atoms with Crippen LogP contribution in [0.15, 0.2) is 11.7 Å². The molecule has 2 heterocycles. The first-order valence-corrected chi connectivity index (χ1v) is 8.94. The monoisotopic (exact) mass is 470 g/mol. The van der Waals surface area contributed by atoms with Gasteiger partial charge in [-0.1, -0.05) is 11.3 Å². The van der Waals surface area contributed by atoms with Gasteiger partial charge in [0.05, 0.1) is 10.4 Å². The second-order valence-electron chi connectivity index (χ2n) is 4.65. The van der Waals surface area contributed by atoms with E-state index in [1.54, 1.807) is 17.5 Å². The summed E-state index contributed by atoms with van der Waals surface area (Å²) in [6, 6.07) is 0. The topological polar surface area (TPSA) is 219 Å². The van der Waals surface area contributed by atoms with Crippen LogP contribution >= 0.6 is 44.0 Å². The summed E-state index contributed by atoms with van der Waals surface area (Å²) in [4.78, 5) is 32.4. The fraction of sp³-hybridized carbons (Fsp3) is 0.417. The van der Waals surface area contributed by atoms with Crippen molar-refractivity contribution in [2.45, 2.75) is 26.8 Å². The van der Waals surface area contributed by atoms with Gasteiger partial charge in [0, 0.05) is 26.1 Å². The van der Waals surface area contributed by atoms with Crippen LogP contribution in [-0.2, 0) is 17.5 Å². The van der Waals surface area contributed by atoms with Gasteiger partial charge in [-0.2, -0.15) is 4.57 Å². The van der Waals surface area contributed by atoms with E-state index in [0.29, 0.717) is 24.6 Å². The maximum absolute atomic E-state index is 8.98. The third-order valence-electron chi connectivity index (χ3n) is 2.85. The van der Waals surface area contributed by atoms with Crippen molar-refractivity contribution in [3.8, 4) is 0 Å². The van der Waals surface area contributed by atoms with E-state index < -0.39 is 7.82 Å². The number of rotatable bonds is 4. The summed E-state index contributed by atoms with van der Waals surface area (Å²) >= 11 is 1.65. The van der Waals surface area contributed by atoms with Crippen molar-refractivity contribution in [1.29, 1.82) is 0 Å². The summed E-state index contributed by atoms with van der Waals surface area (Å²) in [5.41, 5.74) is 10.0. The summed E-state index contributed by atoms with van der Waals surface area (Å²) in [5.74, 6) is 1.22. The predicted molar refractivity (Wildman–Crippen MR) is 104 cm³/mol. The van der Waals surface area contributed by atoms with Crippen molar-refractivity contribution in [2.75, 3.05) is 12.3 Å². The summed E-state index contributed by atoms with van der Waals surface area (Å²) in [6.07, 6.45) is 2.47. The molecule has 2 rings (SSSR count). The zero-order valence-corrected chi connectivity index (χ0v) is 17.9. The van der Waals surface area contributed by atoms with Crippen molar-refractivity contribution >= 4 is 49.8 Å². The second-order valence-corrected chi connectivity index (χ2v) is 6.57. The zero-order chi connectivity index (χ0) is 17.6. The van der Waals surface area contributed by atoms with Gasteiger partial charge in [0.15, 0.2) is 12.2 Å². The van der Waals surface area contributed by atoms with Crippen LogP contribution in [0.1, 0.15) is 22.0 Å². The highest BCUT2D eigenvalue weighted by Gasteiger charge is 2.16. The van der Waals surface area contributed by atoms with E-state index in [1.165, 1.54) is 4.88 Å². The van der Waals surface area contributed by atoms with Gasteiger partial charge in [0.2, 0.25) is 5.51 Å². The number of nitrogen functional groups attached to an aromatic ring is 1. The van der Waals surface area contributed by atoms with Crippen LogP contribution in [0.5, 0.6) is 0 Å². The van der Waals surface area contributed by atoms with E-state index in [0.717, 1.165) is 11.3 Å². The van der Waals surface area contributed by atoms with Gasteiger partial charge in [-0.05, 0) is 6.92 Å². The minimum Gasteiger partial charge on any atom is -0.756 e. The van der Waals surface area contributed by atoms with E-state index in [-0.39, 0.29) is 42.4 Å². The van der Waals surface area contributed by atoms with Crippen molar-refractivity contribution in [2.24, 2.45) is 0 Å². The van der Waals surface area contributed by atoms with Crippen LogP contribution in [0.4, 0.5) is 5.82 Å². The van der Waals surface area contributed by atoms with E-state index >= 15 is 0 Å². The lowest BCUT2D eigenvalue weighted by Gasteiger charge is -2.01. The Kier molecular flexibility index (Phi) is 18.8. The number of thiazole rings is 1. The molecular formula is C12H25Cl2N4O7PS. The molecule has 0 aliphatic heterocycles. The average Bonchev–Trinajstić information content (AvgIpc) is 2.73. The Hall–Kier alpha value is -0.920. The molecule has 0 saturated heterocycles. The molecule has 15 heteroatoms. The zero-order valence-electron chi connectivity index (χ0n) is 14.5. The van der Waals surface area contributed by atoms with Crippen molar-refractivity contribution in [1.82, 2.24) is 9.97 Å². The fourth-order valence-electron chi connectivity index (χ4n) is 1.77. The van der Waals surface area contributed by atoms with Gasteiger partial charge in [-0.15, -0.1) is 24.8 Å². The number of anilines is 1. The van der Waals surface area contributed by atoms with Gasteiger partial charge < -0.3 is 36.5 Å². The number of halogens is 2. The largest absolute Gasteiger partial charge is 0.756 e. The van der Waals surface area contributed by atoms with Gasteiger partial charge in [0.1, 0.15) is 11.6 Å². The molecule has 0 fully saturated rings. The minimum atomic E-state index is -4.89. The van der Waals surface area contributed by atoms with Crippen molar-refractivity contribution in [3.05, 3.63) is 33.7 Å². The molecule has 2 aromatic heterocycles. The average molecular weight is 471 g/mol. The molecule has 0 aliphatic rings. The normalized spacial score (nSPS) is 9.41. The molecule has 0 saturated carbocycles. The summed E-state index contributed by atoms with van der Waals surface area (Å²) in [7, 11) is -4.89. The smallest absolute Gasteiger partial charge is 0.262 e. The molecule has 160 valence electrons. The number of phosphoric acid groups is 1. The van der Waals surface area contributed by atoms with Gasteiger partial charge >= 0.3 is 0 Å². The van der Waals surface area contributed by atoms with E-state index in [9.17, 15) is 0 Å². The quantitative estimate of drug-likeness (QED) is 0.295. The van der Waals surface area contributed by atoms with Crippen LogP contribution < -0.4 is 15.2 Å². The Morgan fingerprint density at radius 1 is 1.30 bits per heavy atom. The second kappa shape index (κ2) is 15.1. The van der Waals surface area contributed by atoms with Crippen LogP contribution in [0.25, 0.3) is 0 Å². The SMILES string of the molecule is Cc1ncc(C[n+]2csc(CCO)c2C)c(N)n1.Cl.Cl.O.O.O=P([O-])(O)O. The van der Waals surface area contributed by atoms with Crippen molar-refractivity contribution < 1.29 is 39.9 Å². The number of hydrogen-bond acceptors (Lipinski definition) is 7. The fourth-order valence-corrected chi connectivity index (χ4v) is 2.75. The minimum absolute atomic E-state index is 0. The van der Waals surface area contributed by atoms with Crippen LogP contribution in [0.3, 0.4) is 0 Å². The molecule has 27 heavy (non-hydrogen) atoms. The summed E-state index contributed by atoms with van der Waals surface area (Å²) in [6.45, 7) is 4.71. The van der Waals surface area contributed by atoms with Gasteiger partial charge in [-0.3, -0.25) is 4.57 Å². The van der Waals surface area contributed by atoms with E-state index in [2.05, 4.69) is 14.5 Å². The molecule has 0 radical (unpaired) electrons. The first-order chi connectivity index (χ1) is 10.6. The molecule has 0 unspecified atom stereocenters. The van der Waals surface area contributed by atoms with E-state index in [1.807, 2.05) is 19.4 Å². The van der Waals surface area contributed by atoms with Crippen LogP contribution in [-0.4, -0.2) is 42.4 Å². The molecule has 0 bridgehead atoms. The lowest BCUT2D eigenvalue weighted by molar-refractivity contribution is -0.689. The van der Waals surface area contributed by atoms with Crippen molar-refractivity contribution in [3.63, 3.8) is 0 Å². The number of nitrogens with two attached hydrogens (primary N) is 1.